The summed E-state index contributed by atoms with van der Waals surface area (Å²) in [6, 6.07) is 12.8. The van der Waals surface area contributed by atoms with Gasteiger partial charge in [-0.25, -0.2) is 4.79 Å². The third kappa shape index (κ3) is 3.99. The van der Waals surface area contributed by atoms with Gasteiger partial charge >= 0.3 is 5.97 Å². The van der Waals surface area contributed by atoms with Gasteiger partial charge in [0.05, 0.1) is 17.9 Å². The van der Waals surface area contributed by atoms with Crippen LogP contribution in [0.15, 0.2) is 42.5 Å². The molecule has 0 spiro atoms. The Morgan fingerprint density at radius 1 is 1.14 bits per heavy atom. The Morgan fingerprint density at radius 2 is 1.86 bits per heavy atom. The first-order valence-corrected chi connectivity index (χ1v) is 6.85. The summed E-state index contributed by atoms with van der Waals surface area (Å²) in [5.41, 5.74) is 8.81. The summed E-state index contributed by atoms with van der Waals surface area (Å²) in [5.74, 6) is 0.179. The van der Waals surface area contributed by atoms with E-state index in [9.17, 15) is 4.79 Å². The van der Waals surface area contributed by atoms with Crippen molar-refractivity contribution in [3.63, 3.8) is 0 Å². The van der Waals surface area contributed by atoms with Crippen LogP contribution in [0.2, 0.25) is 0 Å². The van der Waals surface area contributed by atoms with Crippen LogP contribution in [0, 0.1) is 6.92 Å². The van der Waals surface area contributed by atoms with Gasteiger partial charge in [0.15, 0.2) is 0 Å². The summed E-state index contributed by atoms with van der Waals surface area (Å²) in [4.78, 5) is 12.0. The Labute approximate surface area is 124 Å². The van der Waals surface area contributed by atoms with E-state index in [4.69, 9.17) is 15.2 Å². The molecule has 4 nitrogen and oxygen atoms in total. The number of nitrogen functional groups attached to an aromatic ring is 1. The summed E-state index contributed by atoms with van der Waals surface area (Å²) < 4.78 is 10.6. The van der Waals surface area contributed by atoms with E-state index in [1.165, 1.54) is 5.56 Å². The van der Waals surface area contributed by atoms with Crippen molar-refractivity contribution < 1.29 is 14.3 Å². The average Bonchev–Trinajstić information content (AvgIpc) is 2.48. The zero-order chi connectivity index (χ0) is 15.2. The molecule has 0 aliphatic rings. The van der Waals surface area contributed by atoms with Gasteiger partial charge in [-0.15, -0.1) is 0 Å². The van der Waals surface area contributed by atoms with Gasteiger partial charge in [0.25, 0.3) is 0 Å². The SMILES string of the molecule is CCOc1ccc(C(=O)OCc2ccc(C)cc2)cc1N. The molecule has 0 unspecified atom stereocenters. The molecule has 110 valence electrons. The van der Waals surface area contributed by atoms with Crippen molar-refractivity contribution in [1.29, 1.82) is 0 Å². The molecule has 0 saturated carbocycles. The molecule has 0 bridgehead atoms. The van der Waals surface area contributed by atoms with Crippen molar-refractivity contribution in [2.75, 3.05) is 12.3 Å². The van der Waals surface area contributed by atoms with E-state index in [2.05, 4.69) is 0 Å². The lowest BCUT2D eigenvalue weighted by Crippen LogP contribution is -2.06. The minimum absolute atomic E-state index is 0.242. The quantitative estimate of drug-likeness (QED) is 0.676. The summed E-state index contributed by atoms with van der Waals surface area (Å²) >= 11 is 0. The van der Waals surface area contributed by atoms with E-state index in [0.29, 0.717) is 23.6 Å². The first kappa shape index (κ1) is 14.9. The van der Waals surface area contributed by atoms with Crippen LogP contribution >= 0.6 is 0 Å². The second kappa shape index (κ2) is 6.79. The van der Waals surface area contributed by atoms with E-state index in [1.54, 1.807) is 18.2 Å². The number of aryl methyl sites for hydroxylation is 1. The summed E-state index contributed by atoms with van der Waals surface area (Å²) in [6.45, 7) is 4.66. The number of carbonyl (C=O) groups is 1. The molecule has 0 fully saturated rings. The van der Waals surface area contributed by atoms with Crippen LogP contribution in [0.25, 0.3) is 0 Å². The van der Waals surface area contributed by atoms with Gasteiger partial charge in [0.2, 0.25) is 0 Å². The van der Waals surface area contributed by atoms with Crippen LogP contribution in [0.5, 0.6) is 5.75 Å². The Bertz CT molecular complexity index is 620. The van der Waals surface area contributed by atoms with Gasteiger partial charge in [-0.2, -0.15) is 0 Å². The first-order valence-electron chi connectivity index (χ1n) is 6.85. The van der Waals surface area contributed by atoms with Crippen molar-refractivity contribution in [3.05, 3.63) is 59.2 Å². The third-order valence-electron chi connectivity index (χ3n) is 3.04. The number of anilines is 1. The smallest absolute Gasteiger partial charge is 0.338 e. The van der Waals surface area contributed by atoms with Crippen molar-refractivity contribution >= 4 is 11.7 Å². The Balaban J connectivity index is 2.00. The number of esters is 1. The molecule has 0 radical (unpaired) electrons. The second-order valence-corrected chi connectivity index (χ2v) is 4.75. The summed E-state index contributed by atoms with van der Waals surface area (Å²) in [5, 5.41) is 0. The van der Waals surface area contributed by atoms with Gasteiger partial charge in [-0.1, -0.05) is 29.8 Å². The van der Waals surface area contributed by atoms with Crippen LogP contribution in [0.3, 0.4) is 0 Å². The average molecular weight is 285 g/mol. The van der Waals surface area contributed by atoms with Gasteiger partial charge in [-0.3, -0.25) is 0 Å². The maximum Gasteiger partial charge on any atom is 0.338 e. The monoisotopic (exact) mass is 285 g/mol. The molecule has 0 aromatic heterocycles. The van der Waals surface area contributed by atoms with Gasteiger partial charge in [0, 0.05) is 0 Å². The van der Waals surface area contributed by atoms with E-state index >= 15 is 0 Å². The van der Waals surface area contributed by atoms with Gasteiger partial charge in [0.1, 0.15) is 12.4 Å². The molecule has 0 heterocycles. The van der Waals surface area contributed by atoms with E-state index < -0.39 is 5.97 Å². The van der Waals surface area contributed by atoms with E-state index in [1.807, 2.05) is 38.1 Å². The van der Waals surface area contributed by atoms with Crippen LogP contribution < -0.4 is 10.5 Å². The zero-order valence-electron chi connectivity index (χ0n) is 12.3. The summed E-state index contributed by atoms with van der Waals surface area (Å²) in [6.07, 6.45) is 0. The third-order valence-corrected chi connectivity index (χ3v) is 3.04. The highest BCUT2D eigenvalue weighted by molar-refractivity contribution is 5.91. The largest absolute Gasteiger partial charge is 0.492 e. The number of hydrogen-bond acceptors (Lipinski definition) is 4. The lowest BCUT2D eigenvalue weighted by atomic mass is 10.1. The fourth-order valence-electron chi connectivity index (χ4n) is 1.88. The van der Waals surface area contributed by atoms with E-state index in [0.717, 1.165) is 5.56 Å². The van der Waals surface area contributed by atoms with Gasteiger partial charge in [-0.05, 0) is 37.6 Å². The number of hydrogen-bond donors (Lipinski definition) is 1. The fourth-order valence-corrected chi connectivity index (χ4v) is 1.88. The number of ether oxygens (including phenoxy) is 2. The van der Waals surface area contributed by atoms with Crippen LogP contribution in [0.4, 0.5) is 5.69 Å². The molecular weight excluding hydrogens is 266 g/mol. The number of benzene rings is 2. The minimum Gasteiger partial charge on any atom is -0.492 e. The van der Waals surface area contributed by atoms with Crippen LogP contribution in [0.1, 0.15) is 28.4 Å². The van der Waals surface area contributed by atoms with Crippen molar-refractivity contribution in [1.82, 2.24) is 0 Å². The minimum atomic E-state index is -0.398. The molecule has 2 aromatic rings. The molecule has 2 rings (SSSR count). The van der Waals surface area contributed by atoms with Crippen molar-refractivity contribution in [2.45, 2.75) is 20.5 Å². The zero-order valence-corrected chi connectivity index (χ0v) is 12.3. The lowest BCUT2D eigenvalue weighted by molar-refractivity contribution is 0.0473. The normalized spacial score (nSPS) is 10.2. The Hall–Kier alpha value is -2.49. The van der Waals surface area contributed by atoms with Crippen molar-refractivity contribution in [2.24, 2.45) is 0 Å². The first-order chi connectivity index (χ1) is 10.1. The maximum atomic E-state index is 12.0. The molecule has 0 amide bonds. The highest BCUT2D eigenvalue weighted by atomic mass is 16.5. The highest BCUT2D eigenvalue weighted by Gasteiger charge is 2.10. The molecule has 0 saturated heterocycles. The van der Waals surface area contributed by atoms with Crippen LogP contribution in [-0.4, -0.2) is 12.6 Å². The molecule has 4 heteroatoms. The molecular formula is C17H19NO3. The second-order valence-electron chi connectivity index (χ2n) is 4.75. The molecule has 2 aromatic carbocycles. The lowest BCUT2D eigenvalue weighted by Gasteiger charge is -2.09. The Morgan fingerprint density at radius 3 is 2.48 bits per heavy atom. The molecule has 0 atom stereocenters. The predicted molar refractivity (Wildman–Crippen MR) is 82.3 cm³/mol. The standard InChI is InChI=1S/C17H19NO3/c1-3-20-16-9-8-14(10-15(16)18)17(19)21-11-13-6-4-12(2)5-7-13/h4-10H,3,11,18H2,1-2H3. The Kier molecular flexibility index (Phi) is 4.82. The molecule has 2 N–H and O–H groups in total. The van der Waals surface area contributed by atoms with Crippen LogP contribution in [-0.2, 0) is 11.3 Å². The molecule has 21 heavy (non-hydrogen) atoms. The van der Waals surface area contributed by atoms with Gasteiger partial charge < -0.3 is 15.2 Å². The fraction of sp³-hybridized carbons (Fsp3) is 0.235. The highest BCUT2D eigenvalue weighted by Crippen LogP contribution is 2.23. The van der Waals surface area contributed by atoms with E-state index in [-0.39, 0.29) is 6.61 Å². The number of rotatable bonds is 5. The van der Waals surface area contributed by atoms with Crippen molar-refractivity contribution in [3.8, 4) is 5.75 Å². The molecule has 0 aliphatic heterocycles. The predicted octanol–water partition coefficient (Wildman–Crippen LogP) is 3.33. The summed E-state index contributed by atoms with van der Waals surface area (Å²) in [7, 11) is 0. The topological polar surface area (TPSA) is 61.5 Å². The maximum absolute atomic E-state index is 12.0. The number of nitrogens with two attached hydrogens (primary N) is 1. The molecule has 0 aliphatic carbocycles. The number of carbonyl (C=O) groups excluding carboxylic acids is 1.